The number of benzene rings is 3. The Morgan fingerprint density at radius 1 is 1.00 bits per heavy atom. The first-order valence-corrected chi connectivity index (χ1v) is 11.6. The smallest absolute Gasteiger partial charge is 0.323 e. The first kappa shape index (κ1) is 25.8. The third-order valence-corrected chi connectivity index (χ3v) is 5.59. The molecule has 0 spiro atoms. The number of aromatic nitrogens is 1. The van der Waals surface area contributed by atoms with E-state index in [9.17, 15) is 14.9 Å². The van der Waals surface area contributed by atoms with Crippen LogP contribution in [0.4, 0.5) is 16.2 Å². The fourth-order valence-corrected chi connectivity index (χ4v) is 3.77. The lowest BCUT2D eigenvalue weighted by Crippen LogP contribution is -2.31. The number of primary amides is 1. The number of hydrogen-bond donors (Lipinski definition) is 2. The quantitative estimate of drug-likeness (QED) is 0.270. The van der Waals surface area contributed by atoms with Gasteiger partial charge in [-0.05, 0) is 67.1 Å². The Morgan fingerprint density at radius 3 is 2.24 bits per heavy atom. The summed E-state index contributed by atoms with van der Waals surface area (Å²) in [5.41, 5.74) is 7.59. The van der Waals surface area contributed by atoms with E-state index in [0.29, 0.717) is 51.7 Å². The number of anilines is 2. The molecule has 2 amide bonds. The van der Waals surface area contributed by atoms with E-state index in [1.54, 1.807) is 80.0 Å². The van der Waals surface area contributed by atoms with Gasteiger partial charge in [0.2, 0.25) is 0 Å². The molecule has 0 atom stereocenters. The number of nitriles is 1. The van der Waals surface area contributed by atoms with Gasteiger partial charge in [0.25, 0.3) is 0 Å². The normalized spacial score (nSPS) is 10.4. The number of methoxy groups -OCH3 is 1. The van der Waals surface area contributed by atoms with Crippen LogP contribution in [0.15, 0.2) is 72.9 Å². The van der Waals surface area contributed by atoms with Gasteiger partial charge in [-0.1, -0.05) is 0 Å². The summed E-state index contributed by atoms with van der Waals surface area (Å²) in [6.45, 7) is 0.161. The van der Waals surface area contributed by atoms with E-state index in [0.717, 1.165) is 0 Å². The molecular formula is C28H24N4O6. The Balaban J connectivity index is 1.56. The zero-order valence-corrected chi connectivity index (χ0v) is 20.5. The van der Waals surface area contributed by atoms with Crippen molar-refractivity contribution in [3.63, 3.8) is 0 Å². The van der Waals surface area contributed by atoms with Gasteiger partial charge < -0.3 is 25.1 Å². The number of pyridine rings is 1. The van der Waals surface area contributed by atoms with E-state index in [1.807, 2.05) is 0 Å². The average molecular weight is 513 g/mol. The van der Waals surface area contributed by atoms with Crippen molar-refractivity contribution in [2.75, 3.05) is 18.6 Å². The minimum Gasteiger partial charge on any atom is -0.497 e. The molecule has 3 aromatic carbocycles. The number of ether oxygens (including phenoxy) is 3. The van der Waals surface area contributed by atoms with Crippen molar-refractivity contribution in [2.45, 2.75) is 12.8 Å². The number of nitrogens with two attached hydrogens (primary N) is 1. The number of carboxylic acid groups (broad SMARTS) is 1. The largest absolute Gasteiger partial charge is 0.497 e. The molecule has 0 aliphatic rings. The van der Waals surface area contributed by atoms with Crippen LogP contribution < -0.4 is 24.8 Å². The summed E-state index contributed by atoms with van der Waals surface area (Å²) in [7, 11) is 1.56. The maximum atomic E-state index is 12.2. The van der Waals surface area contributed by atoms with Gasteiger partial charge in [-0.25, -0.2) is 4.79 Å². The van der Waals surface area contributed by atoms with Crippen molar-refractivity contribution in [1.29, 1.82) is 5.26 Å². The van der Waals surface area contributed by atoms with Crippen LogP contribution in [0, 0.1) is 11.3 Å². The number of carbonyl (C=O) groups is 2. The maximum absolute atomic E-state index is 12.2. The minimum atomic E-state index is -0.910. The standard InChI is InChI=1S/C28H24N4O6/c1-36-21-8-4-19(5-9-21)32(28(30)35)20-6-10-22(11-7-20)38-25-12-13-31-24-16-26(18(17-29)15-23(24)25)37-14-2-3-27(33)34/h4-13,15-16H,2-3,14H2,1H3,(H2,30,35)(H,33,34). The second-order valence-corrected chi connectivity index (χ2v) is 8.10. The molecule has 0 unspecified atom stereocenters. The van der Waals surface area contributed by atoms with E-state index in [-0.39, 0.29) is 18.6 Å². The fourth-order valence-electron chi connectivity index (χ4n) is 3.77. The van der Waals surface area contributed by atoms with Crippen molar-refractivity contribution in [2.24, 2.45) is 5.73 Å². The molecule has 0 fully saturated rings. The Hall–Kier alpha value is -5.30. The molecule has 0 bridgehead atoms. The number of carbonyl (C=O) groups excluding carboxylic acids is 1. The van der Waals surface area contributed by atoms with E-state index in [4.69, 9.17) is 25.1 Å². The van der Waals surface area contributed by atoms with Crippen LogP contribution in [-0.2, 0) is 4.79 Å². The molecule has 0 aliphatic heterocycles. The van der Waals surface area contributed by atoms with E-state index < -0.39 is 12.0 Å². The number of nitrogens with zero attached hydrogens (tertiary/aromatic N) is 3. The molecule has 0 radical (unpaired) electrons. The van der Waals surface area contributed by atoms with Gasteiger partial charge in [-0.15, -0.1) is 0 Å². The zero-order chi connectivity index (χ0) is 27.1. The topological polar surface area (TPSA) is 148 Å². The van der Waals surface area contributed by atoms with Crippen LogP contribution in [0.1, 0.15) is 18.4 Å². The highest BCUT2D eigenvalue weighted by atomic mass is 16.5. The number of amides is 2. The summed E-state index contributed by atoms with van der Waals surface area (Å²) < 4.78 is 16.9. The maximum Gasteiger partial charge on any atom is 0.323 e. The molecule has 3 N–H and O–H groups in total. The Bertz CT molecular complexity index is 1500. The number of urea groups is 1. The Morgan fingerprint density at radius 2 is 1.66 bits per heavy atom. The number of rotatable bonds is 10. The third kappa shape index (κ3) is 5.91. The van der Waals surface area contributed by atoms with Gasteiger partial charge in [0.15, 0.2) is 0 Å². The first-order chi connectivity index (χ1) is 18.4. The molecule has 4 rings (SSSR count). The molecule has 10 heteroatoms. The van der Waals surface area contributed by atoms with Crippen LogP contribution in [0.3, 0.4) is 0 Å². The van der Waals surface area contributed by atoms with Crippen molar-refractivity contribution in [3.8, 4) is 29.1 Å². The summed E-state index contributed by atoms with van der Waals surface area (Å²) in [4.78, 5) is 28.6. The van der Waals surface area contributed by atoms with Crippen molar-refractivity contribution < 1.29 is 28.9 Å². The third-order valence-electron chi connectivity index (χ3n) is 5.59. The second-order valence-electron chi connectivity index (χ2n) is 8.10. The van der Waals surface area contributed by atoms with E-state index in [1.165, 1.54) is 4.90 Å². The monoisotopic (exact) mass is 512 g/mol. The molecule has 1 aromatic heterocycles. The van der Waals surface area contributed by atoms with E-state index >= 15 is 0 Å². The first-order valence-electron chi connectivity index (χ1n) is 11.6. The number of carboxylic acids is 1. The Kier molecular flexibility index (Phi) is 7.89. The van der Waals surface area contributed by atoms with Crippen LogP contribution in [0.25, 0.3) is 10.9 Å². The zero-order valence-electron chi connectivity index (χ0n) is 20.5. The highest BCUT2D eigenvalue weighted by molar-refractivity contribution is 5.98. The van der Waals surface area contributed by atoms with Gasteiger partial charge >= 0.3 is 12.0 Å². The Labute approximate surface area is 218 Å². The molecule has 10 nitrogen and oxygen atoms in total. The van der Waals surface area contributed by atoms with Crippen molar-refractivity contribution in [3.05, 3.63) is 78.5 Å². The van der Waals surface area contributed by atoms with Crippen LogP contribution in [0.5, 0.6) is 23.0 Å². The summed E-state index contributed by atoms with van der Waals surface area (Å²) in [5.74, 6) is 1.03. The summed E-state index contributed by atoms with van der Waals surface area (Å²) in [6.07, 6.45) is 1.86. The molecule has 38 heavy (non-hydrogen) atoms. The molecular weight excluding hydrogens is 488 g/mol. The van der Waals surface area contributed by atoms with Gasteiger partial charge in [0.1, 0.15) is 29.1 Å². The average Bonchev–Trinajstić information content (AvgIpc) is 2.92. The van der Waals surface area contributed by atoms with Crippen LogP contribution in [-0.4, -0.2) is 35.8 Å². The van der Waals surface area contributed by atoms with Crippen LogP contribution in [0.2, 0.25) is 0 Å². The van der Waals surface area contributed by atoms with Gasteiger partial charge in [-0.3, -0.25) is 14.7 Å². The molecule has 1 heterocycles. The summed E-state index contributed by atoms with van der Waals surface area (Å²) in [5, 5.41) is 19.0. The van der Waals surface area contributed by atoms with Crippen LogP contribution >= 0.6 is 0 Å². The van der Waals surface area contributed by atoms with Gasteiger partial charge in [-0.2, -0.15) is 5.26 Å². The molecule has 0 saturated carbocycles. The number of hydrogen-bond acceptors (Lipinski definition) is 7. The highest BCUT2D eigenvalue weighted by Crippen LogP contribution is 2.34. The van der Waals surface area contributed by atoms with E-state index in [2.05, 4.69) is 11.1 Å². The lowest BCUT2D eigenvalue weighted by Gasteiger charge is -2.21. The SMILES string of the molecule is COc1ccc(N(C(N)=O)c2ccc(Oc3ccnc4cc(OCCCC(=O)O)c(C#N)cc34)cc2)cc1. The van der Waals surface area contributed by atoms with Gasteiger partial charge in [0, 0.05) is 24.1 Å². The van der Waals surface area contributed by atoms with Crippen molar-refractivity contribution in [1.82, 2.24) is 4.98 Å². The second kappa shape index (κ2) is 11.6. The molecule has 0 aliphatic carbocycles. The lowest BCUT2D eigenvalue weighted by molar-refractivity contribution is -0.137. The summed E-state index contributed by atoms with van der Waals surface area (Å²) >= 11 is 0. The predicted molar refractivity (Wildman–Crippen MR) is 140 cm³/mol. The summed E-state index contributed by atoms with van der Waals surface area (Å²) in [6, 6.07) is 20.1. The van der Waals surface area contributed by atoms with Gasteiger partial charge in [0.05, 0.1) is 36.2 Å². The molecule has 0 saturated heterocycles. The predicted octanol–water partition coefficient (Wildman–Crippen LogP) is 5.37. The molecule has 4 aromatic rings. The highest BCUT2D eigenvalue weighted by Gasteiger charge is 2.16. The van der Waals surface area contributed by atoms with Crippen molar-refractivity contribution >= 4 is 34.3 Å². The fraction of sp³-hybridized carbons (Fsp3) is 0.143. The lowest BCUT2D eigenvalue weighted by atomic mass is 10.1. The molecule has 192 valence electrons. The number of fused-ring (bicyclic) bond motifs is 1. The minimum absolute atomic E-state index is 0.0260. The number of aliphatic carboxylic acids is 1.